The second-order valence-corrected chi connectivity index (χ2v) is 7.87. The van der Waals surface area contributed by atoms with Gasteiger partial charge in [-0.25, -0.2) is 19.3 Å². The summed E-state index contributed by atoms with van der Waals surface area (Å²) in [6, 6.07) is 0. The Morgan fingerprint density at radius 1 is 1.00 bits per heavy atom. The van der Waals surface area contributed by atoms with Gasteiger partial charge in [0.1, 0.15) is 5.01 Å². The minimum atomic E-state index is -0.375. The van der Waals surface area contributed by atoms with E-state index in [1.807, 2.05) is 11.6 Å². The van der Waals surface area contributed by atoms with Crippen molar-refractivity contribution in [2.24, 2.45) is 5.41 Å². The van der Waals surface area contributed by atoms with Crippen LogP contribution in [0.3, 0.4) is 0 Å². The van der Waals surface area contributed by atoms with Crippen molar-refractivity contribution in [3.8, 4) is 0 Å². The number of hydrogen-bond donors (Lipinski definition) is 0. The zero-order chi connectivity index (χ0) is 16.4. The molecule has 5 nitrogen and oxygen atoms in total. The fourth-order valence-electron chi connectivity index (χ4n) is 3.86. The number of piperidine rings is 2. The molecule has 0 saturated carbocycles. The molecule has 1 spiro atoms. The van der Waals surface area contributed by atoms with Crippen LogP contribution in [0.5, 0.6) is 0 Å². The minimum absolute atomic E-state index is 0.375. The van der Waals surface area contributed by atoms with Crippen molar-refractivity contribution in [2.75, 3.05) is 31.1 Å². The smallest absolute Gasteiger partial charge is 0.225 e. The van der Waals surface area contributed by atoms with Crippen molar-refractivity contribution < 1.29 is 4.39 Å². The lowest BCUT2D eigenvalue weighted by atomic mass is 9.71. The largest absolute Gasteiger partial charge is 0.341 e. The van der Waals surface area contributed by atoms with Gasteiger partial charge >= 0.3 is 0 Å². The fraction of sp³-hybridized carbons (Fsp3) is 0.588. The zero-order valence-electron chi connectivity index (χ0n) is 13.7. The SMILES string of the molecule is Fc1cnc(N2CCC3(CCN(Cc4nccs4)CC3)CC2)nc1. The van der Waals surface area contributed by atoms with Crippen molar-refractivity contribution in [2.45, 2.75) is 32.2 Å². The number of halogens is 1. The molecule has 24 heavy (non-hydrogen) atoms. The van der Waals surface area contributed by atoms with E-state index in [9.17, 15) is 4.39 Å². The van der Waals surface area contributed by atoms with E-state index in [2.05, 4.69) is 24.8 Å². The van der Waals surface area contributed by atoms with E-state index in [1.54, 1.807) is 11.3 Å². The summed E-state index contributed by atoms with van der Waals surface area (Å²) >= 11 is 1.74. The van der Waals surface area contributed by atoms with E-state index >= 15 is 0 Å². The summed E-state index contributed by atoms with van der Waals surface area (Å²) in [4.78, 5) is 17.3. The number of likely N-dealkylation sites (tertiary alicyclic amines) is 1. The second-order valence-electron chi connectivity index (χ2n) is 6.89. The van der Waals surface area contributed by atoms with Crippen LogP contribution >= 0.6 is 11.3 Å². The second kappa shape index (κ2) is 6.72. The van der Waals surface area contributed by atoms with Crippen molar-refractivity contribution in [3.63, 3.8) is 0 Å². The molecule has 128 valence electrons. The Morgan fingerprint density at radius 2 is 1.67 bits per heavy atom. The van der Waals surface area contributed by atoms with Gasteiger partial charge in [0.2, 0.25) is 5.95 Å². The maximum absolute atomic E-state index is 13.0. The van der Waals surface area contributed by atoms with Crippen LogP contribution in [0.15, 0.2) is 24.0 Å². The van der Waals surface area contributed by atoms with Gasteiger partial charge in [-0.05, 0) is 44.2 Å². The Morgan fingerprint density at radius 3 is 2.29 bits per heavy atom. The van der Waals surface area contributed by atoms with E-state index in [4.69, 9.17) is 0 Å². The highest BCUT2D eigenvalue weighted by molar-refractivity contribution is 7.09. The quantitative estimate of drug-likeness (QED) is 0.854. The van der Waals surface area contributed by atoms with Gasteiger partial charge in [0, 0.05) is 24.7 Å². The van der Waals surface area contributed by atoms with Gasteiger partial charge in [0.25, 0.3) is 0 Å². The van der Waals surface area contributed by atoms with Gasteiger partial charge < -0.3 is 4.90 Å². The lowest BCUT2D eigenvalue weighted by Crippen LogP contribution is -2.47. The maximum atomic E-state index is 13.0. The number of nitrogens with zero attached hydrogens (tertiary/aromatic N) is 5. The molecule has 2 aliphatic heterocycles. The van der Waals surface area contributed by atoms with Gasteiger partial charge in [0.15, 0.2) is 5.82 Å². The molecule has 0 N–H and O–H groups in total. The lowest BCUT2D eigenvalue weighted by Gasteiger charge is -2.46. The molecule has 4 heterocycles. The van der Waals surface area contributed by atoms with Crippen LogP contribution < -0.4 is 4.90 Å². The molecule has 2 aliphatic rings. The summed E-state index contributed by atoms with van der Waals surface area (Å²) in [5.74, 6) is 0.285. The molecule has 2 fully saturated rings. The third-order valence-corrected chi connectivity index (χ3v) is 6.24. The fourth-order valence-corrected chi connectivity index (χ4v) is 4.52. The van der Waals surface area contributed by atoms with Crippen molar-refractivity contribution in [1.82, 2.24) is 19.9 Å². The number of rotatable bonds is 3. The van der Waals surface area contributed by atoms with E-state index in [1.165, 1.54) is 43.1 Å². The summed E-state index contributed by atoms with van der Waals surface area (Å²) in [6.45, 7) is 5.25. The van der Waals surface area contributed by atoms with Crippen LogP contribution in [0, 0.1) is 11.2 Å². The third kappa shape index (κ3) is 3.42. The highest BCUT2D eigenvalue weighted by Gasteiger charge is 2.38. The first kappa shape index (κ1) is 15.9. The lowest BCUT2D eigenvalue weighted by molar-refractivity contribution is 0.0755. The first-order valence-electron chi connectivity index (χ1n) is 8.56. The predicted molar refractivity (Wildman–Crippen MR) is 92.5 cm³/mol. The van der Waals surface area contributed by atoms with E-state index < -0.39 is 0 Å². The summed E-state index contributed by atoms with van der Waals surface area (Å²) in [5.41, 5.74) is 0.468. The average Bonchev–Trinajstić information content (AvgIpc) is 3.12. The molecular formula is C17H22FN5S. The number of anilines is 1. The van der Waals surface area contributed by atoms with Gasteiger partial charge in [0.05, 0.1) is 18.9 Å². The molecule has 0 atom stereocenters. The normalized spacial score (nSPS) is 21.3. The molecule has 0 bridgehead atoms. The van der Waals surface area contributed by atoms with Crippen LogP contribution in [-0.2, 0) is 6.54 Å². The Bertz CT molecular complexity index is 642. The predicted octanol–water partition coefficient (Wildman–Crippen LogP) is 2.95. The average molecular weight is 347 g/mol. The van der Waals surface area contributed by atoms with Crippen LogP contribution in [-0.4, -0.2) is 46.0 Å². The molecule has 2 aromatic heterocycles. The van der Waals surface area contributed by atoms with Gasteiger partial charge in [-0.2, -0.15) is 0 Å². The summed E-state index contributed by atoms with van der Waals surface area (Å²) in [6.07, 6.45) is 9.27. The molecule has 7 heteroatoms. The Hall–Kier alpha value is -1.60. The van der Waals surface area contributed by atoms with E-state index in [0.29, 0.717) is 11.4 Å². The molecule has 0 radical (unpaired) electrons. The highest BCUT2D eigenvalue weighted by Crippen LogP contribution is 2.41. The third-order valence-electron chi connectivity index (χ3n) is 5.47. The Kier molecular flexibility index (Phi) is 4.45. The van der Waals surface area contributed by atoms with Crippen molar-refractivity contribution in [1.29, 1.82) is 0 Å². The molecular weight excluding hydrogens is 325 g/mol. The van der Waals surface area contributed by atoms with Gasteiger partial charge in [-0.1, -0.05) is 0 Å². The van der Waals surface area contributed by atoms with Crippen LogP contribution in [0.4, 0.5) is 10.3 Å². The molecule has 0 amide bonds. The number of hydrogen-bond acceptors (Lipinski definition) is 6. The van der Waals surface area contributed by atoms with Crippen LogP contribution in [0.25, 0.3) is 0 Å². The van der Waals surface area contributed by atoms with Crippen molar-refractivity contribution >= 4 is 17.3 Å². The van der Waals surface area contributed by atoms with E-state index in [-0.39, 0.29) is 5.82 Å². The van der Waals surface area contributed by atoms with Crippen molar-refractivity contribution in [3.05, 3.63) is 34.8 Å². The zero-order valence-corrected chi connectivity index (χ0v) is 14.5. The summed E-state index contributed by atoms with van der Waals surface area (Å²) in [7, 11) is 0. The molecule has 0 unspecified atom stereocenters. The molecule has 2 saturated heterocycles. The first-order valence-corrected chi connectivity index (χ1v) is 9.44. The summed E-state index contributed by atoms with van der Waals surface area (Å²) in [5, 5.41) is 3.27. The van der Waals surface area contributed by atoms with Crippen LogP contribution in [0.1, 0.15) is 30.7 Å². The summed E-state index contributed by atoms with van der Waals surface area (Å²) < 4.78 is 13.0. The van der Waals surface area contributed by atoms with Gasteiger partial charge in [-0.15, -0.1) is 11.3 Å². The number of aromatic nitrogens is 3. The molecule has 0 aromatic carbocycles. The topological polar surface area (TPSA) is 45.2 Å². The number of thiazole rings is 1. The standard InChI is InChI=1S/C17H22FN5S/c18-14-11-20-16(21-12-14)23-8-3-17(4-9-23)1-6-22(7-2-17)13-15-19-5-10-24-15/h5,10-12H,1-4,6-9,13H2. The first-order chi connectivity index (χ1) is 11.7. The van der Waals surface area contributed by atoms with Crippen LogP contribution in [0.2, 0.25) is 0 Å². The maximum Gasteiger partial charge on any atom is 0.225 e. The monoisotopic (exact) mass is 347 g/mol. The van der Waals surface area contributed by atoms with Gasteiger partial charge in [-0.3, -0.25) is 4.90 Å². The molecule has 0 aliphatic carbocycles. The Labute approximate surface area is 145 Å². The van der Waals surface area contributed by atoms with E-state index in [0.717, 1.165) is 32.7 Å². The minimum Gasteiger partial charge on any atom is -0.341 e. The Balaban J connectivity index is 1.30. The molecule has 2 aromatic rings. The highest BCUT2D eigenvalue weighted by atomic mass is 32.1. The molecule has 4 rings (SSSR count).